The van der Waals surface area contributed by atoms with Gasteiger partial charge in [-0.25, -0.2) is 18.4 Å². The second kappa shape index (κ2) is 10.6. The van der Waals surface area contributed by atoms with Crippen LogP contribution in [0, 0.1) is 11.8 Å². The maximum atomic E-state index is 13.7. The first kappa shape index (κ1) is 25.9. The molecule has 2 saturated carbocycles. The number of Topliss-reactive ketones (excluding diaryl/α,β-unsaturated/α-hetero) is 1. The lowest BCUT2D eigenvalue weighted by molar-refractivity contribution is -0.129. The molecule has 10 nitrogen and oxygen atoms in total. The molecule has 2 aromatic rings. The zero-order valence-electron chi connectivity index (χ0n) is 20.5. The van der Waals surface area contributed by atoms with E-state index in [1.165, 1.54) is 30.0 Å². The molecule has 12 heteroatoms. The van der Waals surface area contributed by atoms with E-state index in [1.54, 1.807) is 23.7 Å². The molecule has 0 bridgehead atoms. The van der Waals surface area contributed by atoms with Crippen molar-refractivity contribution in [2.24, 2.45) is 11.8 Å². The minimum absolute atomic E-state index is 0.0126. The van der Waals surface area contributed by atoms with Gasteiger partial charge in [0.25, 0.3) is 15.9 Å². The molecule has 3 atom stereocenters. The minimum atomic E-state index is -3.92. The van der Waals surface area contributed by atoms with Gasteiger partial charge in [0.1, 0.15) is 5.54 Å². The molecule has 37 heavy (non-hydrogen) atoms. The van der Waals surface area contributed by atoms with Crippen molar-refractivity contribution in [3.8, 4) is 0 Å². The molecule has 2 amide bonds. The highest BCUT2D eigenvalue weighted by Crippen LogP contribution is 2.53. The molecule has 3 aliphatic rings. The minimum Gasteiger partial charge on any atom is -0.344 e. The molecular weight excluding hydrogens is 514 g/mol. The second-order valence-corrected chi connectivity index (χ2v) is 12.9. The van der Waals surface area contributed by atoms with E-state index in [4.69, 9.17) is 0 Å². The van der Waals surface area contributed by atoms with E-state index in [0.29, 0.717) is 30.2 Å². The summed E-state index contributed by atoms with van der Waals surface area (Å²) < 4.78 is 27.1. The van der Waals surface area contributed by atoms with Crippen LogP contribution >= 0.6 is 11.3 Å². The molecule has 2 N–H and O–H groups in total. The number of amides is 2. The Bertz CT molecular complexity index is 1250. The van der Waals surface area contributed by atoms with Gasteiger partial charge in [-0.2, -0.15) is 4.31 Å². The number of nitrogens with one attached hydrogen (secondary N) is 2. The Hall–Kier alpha value is -2.70. The van der Waals surface area contributed by atoms with Gasteiger partial charge in [-0.1, -0.05) is 38.2 Å². The van der Waals surface area contributed by atoms with Crippen molar-refractivity contribution in [3.05, 3.63) is 41.0 Å². The Kier molecular flexibility index (Phi) is 7.42. The van der Waals surface area contributed by atoms with Crippen molar-refractivity contribution in [1.29, 1.82) is 0 Å². The molecule has 3 fully saturated rings. The molecule has 2 unspecified atom stereocenters. The summed E-state index contributed by atoms with van der Waals surface area (Å²) in [5, 5.41) is 7.74. The highest BCUT2D eigenvalue weighted by molar-refractivity contribution is 7.89. The average Bonchev–Trinajstić information content (AvgIpc) is 3.43. The van der Waals surface area contributed by atoms with Crippen LogP contribution in [-0.4, -0.2) is 65.0 Å². The number of hydrogen-bond acceptors (Lipinski definition) is 8. The summed E-state index contributed by atoms with van der Waals surface area (Å²) in [6.07, 6.45) is 9.66. The van der Waals surface area contributed by atoms with E-state index in [-0.39, 0.29) is 41.6 Å². The summed E-state index contributed by atoms with van der Waals surface area (Å²) in [6, 6.07) is 3.79. The van der Waals surface area contributed by atoms with Gasteiger partial charge in [-0.05, 0) is 43.2 Å². The monoisotopic (exact) mass is 545 g/mol. The first-order valence-electron chi connectivity index (χ1n) is 12.8. The van der Waals surface area contributed by atoms with Gasteiger partial charge in [-0.3, -0.25) is 14.4 Å². The summed E-state index contributed by atoms with van der Waals surface area (Å²) in [4.78, 5) is 47.7. The number of thiazole rings is 1. The fraction of sp³-hybridized carbons (Fsp3) is 0.560. The normalized spacial score (nSPS) is 27.3. The SMILES string of the molecule is O=C(N[C@]1(C(=O)NC2CCCN(S(=O)(=O)c3ccccn3)CC2=O)CC1C1CCCCC1)c1nccs1. The third-order valence-corrected chi connectivity index (χ3v) is 10.3. The van der Waals surface area contributed by atoms with E-state index in [2.05, 4.69) is 20.6 Å². The van der Waals surface area contributed by atoms with Crippen LogP contribution in [0.2, 0.25) is 0 Å². The van der Waals surface area contributed by atoms with E-state index in [1.807, 2.05) is 0 Å². The van der Waals surface area contributed by atoms with Gasteiger partial charge in [0.05, 0.1) is 12.6 Å². The van der Waals surface area contributed by atoms with Crippen LogP contribution < -0.4 is 10.6 Å². The van der Waals surface area contributed by atoms with Crippen molar-refractivity contribution in [2.75, 3.05) is 13.1 Å². The number of sulfonamides is 1. The molecule has 2 aliphatic carbocycles. The molecule has 0 spiro atoms. The molecule has 198 valence electrons. The Labute approximate surface area is 220 Å². The summed E-state index contributed by atoms with van der Waals surface area (Å²) in [7, 11) is -3.92. The number of aromatic nitrogens is 2. The molecule has 2 aromatic heterocycles. The van der Waals surface area contributed by atoms with Gasteiger partial charge in [0, 0.05) is 24.3 Å². The number of hydrogen-bond donors (Lipinski definition) is 2. The lowest BCUT2D eigenvalue weighted by Gasteiger charge is -2.27. The van der Waals surface area contributed by atoms with Gasteiger partial charge in [-0.15, -0.1) is 11.3 Å². The molecule has 3 heterocycles. The largest absolute Gasteiger partial charge is 0.344 e. The fourth-order valence-electron chi connectivity index (χ4n) is 5.72. The predicted molar refractivity (Wildman–Crippen MR) is 136 cm³/mol. The molecule has 1 aliphatic heterocycles. The number of rotatable bonds is 7. The Morgan fingerprint density at radius 3 is 2.57 bits per heavy atom. The maximum Gasteiger partial charge on any atom is 0.281 e. The van der Waals surface area contributed by atoms with Crippen molar-refractivity contribution in [1.82, 2.24) is 24.9 Å². The van der Waals surface area contributed by atoms with Crippen LogP contribution in [0.3, 0.4) is 0 Å². The van der Waals surface area contributed by atoms with Crippen molar-refractivity contribution in [3.63, 3.8) is 0 Å². The van der Waals surface area contributed by atoms with Crippen LogP contribution in [-0.2, 0) is 19.6 Å². The standard InChI is InChI=1S/C25H31N5O5S2/c31-20-16-30(37(34,35)21-10-4-5-11-26-21)13-6-9-19(20)28-24(33)25(29-22(32)23-27-12-14-36-23)15-18(25)17-7-2-1-3-8-17/h4-5,10-12,14,17-19H,1-3,6-9,13,15-16H2,(H,28,33)(H,29,32)/t18?,19?,25-/m1/s1. The van der Waals surface area contributed by atoms with Gasteiger partial charge in [0.2, 0.25) is 5.91 Å². The zero-order valence-corrected chi connectivity index (χ0v) is 22.1. The highest BCUT2D eigenvalue weighted by atomic mass is 32.2. The Morgan fingerprint density at radius 2 is 1.86 bits per heavy atom. The number of pyridine rings is 1. The summed E-state index contributed by atoms with van der Waals surface area (Å²) in [5.74, 6) is -0.768. The van der Waals surface area contributed by atoms with Crippen LogP contribution in [0.15, 0.2) is 41.0 Å². The molecule has 0 radical (unpaired) electrons. The first-order valence-corrected chi connectivity index (χ1v) is 15.1. The van der Waals surface area contributed by atoms with Crippen LogP contribution in [0.5, 0.6) is 0 Å². The molecule has 0 aromatic carbocycles. The van der Waals surface area contributed by atoms with Gasteiger partial charge >= 0.3 is 0 Å². The quantitative estimate of drug-likeness (QED) is 0.544. The van der Waals surface area contributed by atoms with E-state index in [0.717, 1.165) is 30.0 Å². The van der Waals surface area contributed by atoms with E-state index < -0.39 is 21.6 Å². The second-order valence-electron chi connectivity index (χ2n) is 10.1. The number of ketones is 1. The zero-order chi connectivity index (χ0) is 26.0. The van der Waals surface area contributed by atoms with Crippen molar-refractivity contribution in [2.45, 2.75) is 68.0 Å². The topological polar surface area (TPSA) is 138 Å². The van der Waals surface area contributed by atoms with Gasteiger partial charge in [0.15, 0.2) is 15.8 Å². The summed E-state index contributed by atoms with van der Waals surface area (Å²) in [5.41, 5.74) is -1.07. The lowest BCUT2D eigenvalue weighted by atomic mass is 9.84. The third kappa shape index (κ3) is 5.32. The number of nitrogens with zero attached hydrogens (tertiary/aromatic N) is 3. The van der Waals surface area contributed by atoms with Crippen LogP contribution in [0.25, 0.3) is 0 Å². The van der Waals surface area contributed by atoms with E-state index >= 15 is 0 Å². The molecule has 5 rings (SSSR count). The number of carbonyl (C=O) groups is 3. The number of carbonyl (C=O) groups excluding carboxylic acids is 3. The Balaban J connectivity index is 1.30. The summed E-state index contributed by atoms with van der Waals surface area (Å²) >= 11 is 1.21. The van der Waals surface area contributed by atoms with Crippen molar-refractivity contribution >= 4 is 39.0 Å². The fourth-order valence-corrected chi connectivity index (χ4v) is 7.63. The highest BCUT2D eigenvalue weighted by Gasteiger charge is 2.64. The smallest absolute Gasteiger partial charge is 0.281 e. The van der Waals surface area contributed by atoms with E-state index in [9.17, 15) is 22.8 Å². The first-order chi connectivity index (χ1) is 17.8. The predicted octanol–water partition coefficient (Wildman–Crippen LogP) is 2.15. The Morgan fingerprint density at radius 1 is 1.05 bits per heavy atom. The molecule has 1 saturated heterocycles. The lowest BCUT2D eigenvalue weighted by Crippen LogP contribution is -2.55. The van der Waals surface area contributed by atoms with Gasteiger partial charge < -0.3 is 10.6 Å². The summed E-state index contributed by atoms with van der Waals surface area (Å²) in [6.45, 7) is -0.179. The van der Waals surface area contributed by atoms with Crippen LogP contribution in [0.1, 0.15) is 61.2 Å². The average molecular weight is 546 g/mol. The van der Waals surface area contributed by atoms with Crippen LogP contribution in [0.4, 0.5) is 0 Å². The maximum absolute atomic E-state index is 13.7. The molecular formula is C25H31N5O5S2. The third-order valence-electron chi connectivity index (χ3n) is 7.77. The van der Waals surface area contributed by atoms with Crippen molar-refractivity contribution < 1.29 is 22.8 Å².